The largest absolute Gasteiger partial charge is 0.359 e. The molecular formula is C30H40N8O. The molecule has 0 bridgehead atoms. The monoisotopic (exact) mass is 528 g/mol. The van der Waals surface area contributed by atoms with Crippen molar-refractivity contribution in [2.75, 3.05) is 50.2 Å². The predicted molar refractivity (Wildman–Crippen MR) is 158 cm³/mol. The fraction of sp³-hybridized carbons (Fsp3) is 0.433. The van der Waals surface area contributed by atoms with Gasteiger partial charge in [0.2, 0.25) is 5.95 Å². The Morgan fingerprint density at radius 3 is 2.59 bits per heavy atom. The number of hydrazine groups is 1. The lowest BCUT2D eigenvalue weighted by atomic mass is 9.94. The average molecular weight is 529 g/mol. The number of carbonyl (C=O) groups is 1. The third kappa shape index (κ3) is 7.04. The van der Waals surface area contributed by atoms with Crippen LogP contribution < -0.4 is 15.8 Å². The van der Waals surface area contributed by atoms with Crippen LogP contribution in [0.4, 0.5) is 11.8 Å². The Labute approximate surface area is 231 Å². The summed E-state index contributed by atoms with van der Waals surface area (Å²) in [5, 5.41) is 1.65. The first-order valence-electron chi connectivity index (χ1n) is 13.6. The summed E-state index contributed by atoms with van der Waals surface area (Å²) in [4.78, 5) is 34.9. The first-order chi connectivity index (χ1) is 18.8. The standard InChI is InChI=1S/C30H40N8O/c1-6-37(5)29-25(18-33-30(35-29)38(31)14-11-23-9-12-36(4)13-10-23)16-26(20-39)27-8-7-24(15-21(27)2)28-19-32-17-22(3)34-28/h7-8,15-20,23H,6,9-14,31H2,1-5H3/b26-16+. The van der Waals surface area contributed by atoms with Crippen molar-refractivity contribution >= 4 is 29.7 Å². The highest BCUT2D eigenvalue weighted by Gasteiger charge is 2.19. The van der Waals surface area contributed by atoms with Crippen LogP contribution in [-0.2, 0) is 4.79 Å². The molecule has 0 saturated carbocycles. The van der Waals surface area contributed by atoms with E-state index < -0.39 is 0 Å². The van der Waals surface area contributed by atoms with Crippen LogP contribution in [0, 0.1) is 19.8 Å². The van der Waals surface area contributed by atoms with Gasteiger partial charge in [-0.1, -0.05) is 12.1 Å². The van der Waals surface area contributed by atoms with Crippen molar-refractivity contribution in [2.24, 2.45) is 11.8 Å². The van der Waals surface area contributed by atoms with Gasteiger partial charge in [0, 0.05) is 49.2 Å². The number of rotatable bonds is 10. The number of allylic oxidation sites excluding steroid dienone is 1. The number of hydrogen-bond acceptors (Lipinski definition) is 9. The number of aldehydes is 1. The molecule has 0 radical (unpaired) electrons. The normalized spacial score (nSPS) is 14.9. The molecule has 3 aromatic rings. The smallest absolute Gasteiger partial charge is 0.241 e. The number of nitrogens with zero attached hydrogens (tertiary/aromatic N) is 7. The Kier molecular flexibility index (Phi) is 9.37. The number of aromatic nitrogens is 4. The molecule has 0 unspecified atom stereocenters. The Morgan fingerprint density at radius 1 is 1.15 bits per heavy atom. The van der Waals surface area contributed by atoms with Crippen molar-refractivity contribution in [3.8, 4) is 11.3 Å². The minimum atomic E-state index is 0.489. The van der Waals surface area contributed by atoms with E-state index in [2.05, 4.69) is 33.8 Å². The molecular weight excluding hydrogens is 488 g/mol. The minimum absolute atomic E-state index is 0.489. The first-order valence-corrected chi connectivity index (χ1v) is 13.6. The Bertz CT molecular complexity index is 1320. The molecule has 1 fully saturated rings. The molecule has 39 heavy (non-hydrogen) atoms. The van der Waals surface area contributed by atoms with Gasteiger partial charge in [-0.15, -0.1) is 0 Å². The van der Waals surface area contributed by atoms with E-state index in [9.17, 15) is 4.79 Å². The maximum atomic E-state index is 12.3. The molecule has 9 nitrogen and oxygen atoms in total. The summed E-state index contributed by atoms with van der Waals surface area (Å²) in [7, 11) is 4.15. The molecule has 1 saturated heterocycles. The number of carbonyl (C=O) groups excluding carboxylic acids is 1. The number of aryl methyl sites for hydroxylation is 2. The van der Waals surface area contributed by atoms with E-state index in [4.69, 9.17) is 10.8 Å². The van der Waals surface area contributed by atoms with Crippen LogP contribution in [0.2, 0.25) is 0 Å². The van der Waals surface area contributed by atoms with Gasteiger partial charge in [0.25, 0.3) is 0 Å². The number of benzene rings is 1. The molecule has 0 amide bonds. The van der Waals surface area contributed by atoms with Gasteiger partial charge in [0.1, 0.15) is 5.82 Å². The predicted octanol–water partition coefficient (Wildman–Crippen LogP) is 4.16. The van der Waals surface area contributed by atoms with Crippen LogP contribution in [0.5, 0.6) is 0 Å². The average Bonchev–Trinajstić information content (AvgIpc) is 2.95. The zero-order valence-corrected chi connectivity index (χ0v) is 23.8. The fourth-order valence-electron chi connectivity index (χ4n) is 4.93. The lowest BCUT2D eigenvalue weighted by Gasteiger charge is -2.30. The molecule has 3 heterocycles. The number of hydrogen-bond donors (Lipinski definition) is 1. The lowest BCUT2D eigenvalue weighted by Crippen LogP contribution is -2.37. The summed E-state index contributed by atoms with van der Waals surface area (Å²) >= 11 is 0. The van der Waals surface area contributed by atoms with Gasteiger partial charge in [0.05, 0.1) is 17.6 Å². The zero-order chi connectivity index (χ0) is 27.9. The number of nitrogens with two attached hydrogens (primary N) is 1. The van der Waals surface area contributed by atoms with Crippen LogP contribution in [0.25, 0.3) is 22.9 Å². The highest BCUT2D eigenvalue weighted by molar-refractivity contribution is 6.14. The van der Waals surface area contributed by atoms with Gasteiger partial charge in [-0.3, -0.25) is 14.8 Å². The van der Waals surface area contributed by atoms with E-state index in [0.29, 0.717) is 24.0 Å². The van der Waals surface area contributed by atoms with Crippen molar-refractivity contribution < 1.29 is 4.79 Å². The molecule has 9 heteroatoms. The van der Waals surface area contributed by atoms with Gasteiger partial charge in [0.15, 0.2) is 6.29 Å². The topological polar surface area (TPSA) is 104 Å². The van der Waals surface area contributed by atoms with Crippen LogP contribution in [-0.4, -0.2) is 71.4 Å². The third-order valence-corrected chi connectivity index (χ3v) is 7.52. The summed E-state index contributed by atoms with van der Waals surface area (Å²) < 4.78 is 0. The van der Waals surface area contributed by atoms with E-state index in [1.807, 2.05) is 50.1 Å². The molecule has 1 aromatic carbocycles. The highest BCUT2D eigenvalue weighted by Crippen LogP contribution is 2.28. The molecule has 1 aliphatic heterocycles. The number of anilines is 2. The maximum absolute atomic E-state index is 12.3. The lowest BCUT2D eigenvalue weighted by molar-refractivity contribution is -0.103. The summed E-state index contributed by atoms with van der Waals surface area (Å²) in [6.45, 7) is 9.71. The van der Waals surface area contributed by atoms with Gasteiger partial charge in [-0.25, -0.2) is 15.8 Å². The second kappa shape index (κ2) is 12.9. The van der Waals surface area contributed by atoms with Gasteiger partial charge >= 0.3 is 0 Å². The molecule has 4 rings (SSSR count). The van der Waals surface area contributed by atoms with E-state index in [-0.39, 0.29) is 0 Å². The van der Waals surface area contributed by atoms with Gasteiger partial charge in [-0.05, 0) is 89.4 Å². The highest BCUT2D eigenvalue weighted by atomic mass is 16.1. The van der Waals surface area contributed by atoms with E-state index in [1.54, 1.807) is 23.6 Å². The van der Waals surface area contributed by atoms with Crippen LogP contribution in [0.1, 0.15) is 48.6 Å². The van der Waals surface area contributed by atoms with Crippen molar-refractivity contribution in [1.82, 2.24) is 24.8 Å². The molecule has 206 valence electrons. The molecule has 1 aliphatic rings. The summed E-state index contributed by atoms with van der Waals surface area (Å²) in [5.74, 6) is 8.31. The quantitative estimate of drug-likeness (QED) is 0.180. The summed E-state index contributed by atoms with van der Waals surface area (Å²) in [6, 6.07) is 5.96. The summed E-state index contributed by atoms with van der Waals surface area (Å²) in [5.41, 5.74) is 5.77. The van der Waals surface area contributed by atoms with Crippen LogP contribution in [0.3, 0.4) is 0 Å². The fourth-order valence-corrected chi connectivity index (χ4v) is 4.93. The first kappa shape index (κ1) is 28.3. The Balaban J connectivity index is 1.58. The zero-order valence-electron chi connectivity index (χ0n) is 23.8. The molecule has 0 atom stereocenters. The van der Waals surface area contributed by atoms with E-state index >= 15 is 0 Å². The minimum Gasteiger partial charge on any atom is -0.359 e. The van der Waals surface area contributed by atoms with E-state index in [0.717, 1.165) is 71.8 Å². The molecule has 2 aromatic heterocycles. The second-order valence-corrected chi connectivity index (χ2v) is 10.5. The van der Waals surface area contributed by atoms with Gasteiger partial charge in [-0.2, -0.15) is 4.98 Å². The van der Waals surface area contributed by atoms with Crippen molar-refractivity contribution in [2.45, 2.75) is 40.0 Å². The number of piperidine rings is 1. The van der Waals surface area contributed by atoms with Crippen molar-refractivity contribution in [3.63, 3.8) is 0 Å². The molecule has 0 aliphatic carbocycles. The Morgan fingerprint density at radius 2 is 1.92 bits per heavy atom. The second-order valence-electron chi connectivity index (χ2n) is 10.5. The maximum Gasteiger partial charge on any atom is 0.241 e. The van der Waals surface area contributed by atoms with Crippen molar-refractivity contribution in [1.29, 1.82) is 0 Å². The van der Waals surface area contributed by atoms with Crippen LogP contribution in [0.15, 0.2) is 36.8 Å². The van der Waals surface area contributed by atoms with Crippen molar-refractivity contribution in [3.05, 3.63) is 59.2 Å². The summed E-state index contributed by atoms with van der Waals surface area (Å²) in [6.07, 6.45) is 11.4. The molecule has 0 spiro atoms. The Hall–Kier alpha value is -3.69. The number of likely N-dealkylation sites (tertiary alicyclic amines) is 1. The van der Waals surface area contributed by atoms with Crippen LogP contribution >= 0.6 is 0 Å². The van der Waals surface area contributed by atoms with Gasteiger partial charge < -0.3 is 9.80 Å². The van der Waals surface area contributed by atoms with E-state index in [1.165, 1.54) is 12.8 Å². The third-order valence-electron chi connectivity index (χ3n) is 7.52. The molecule has 2 N–H and O–H groups in total. The SMILES string of the molecule is CCN(C)c1nc(N(N)CCC2CCN(C)CC2)ncc1/C=C(\C=O)c1ccc(-c2cncc(C)n2)cc1C.